The topological polar surface area (TPSA) is 45.7 Å². The van der Waals surface area contributed by atoms with Crippen molar-refractivity contribution >= 4 is 65.4 Å². The van der Waals surface area contributed by atoms with Crippen LogP contribution in [0, 0.1) is 6.33 Å². The number of para-hydroxylation sites is 4. The average Bonchev–Trinajstić information content (AvgIpc) is 4.08. The molecule has 12 aromatic rings. The molecule has 5 aromatic heterocycles. The lowest BCUT2D eigenvalue weighted by Crippen LogP contribution is -2.28. The van der Waals surface area contributed by atoms with Crippen LogP contribution in [0.4, 0.5) is 0 Å². The minimum absolute atomic E-state index is 0.0881. The third kappa shape index (κ3) is 5.44. The zero-order chi connectivity index (χ0) is 41.7. The molecular weight excluding hydrogens is 761 g/mol. The van der Waals surface area contributed by atoms with Crippen LogP contribution in [0.25, 0.3) is 88.3 Å². The molecule has 5 heterocycles. The van der Waals surface area contributed by atoms with Gasteiger partial charge in [-0.25, -0.2) is 4.98 Å². The van der Waals surface area contributed by atoms with Crippen molar-refractivity contribution in [3.8, 4) is 34.4 Å². The molecule has 0 unspecified atom stereocenters. The molecule has 0 amide bonds. The van der Waals surface area contributed by atoms with Crippen LogP contribution in [0.2, 0.25) is 0 Å². The van der Waals surface area contributed by atoms with E-state index in [-0.39, 0.29) is 5.41 Å². The lowest BCUT2D eigenvalue weighted by atomic mass is 9.88. The van der Waals surface area contributed by atoms with Crippen molar-refractivity contribution in [1.82, 2.24) is 23.3 Å². The van der Waals surface area contributed by atoms with E-state index in [1.165, 1.54) is 49.0 Å². The summed E-state index contributed by atoms with van der Waals surface area (Å²) < 4.78 is 18.0. The van der Waals surface area contributed by atoms with Crippen LogP contribution in [0.3, 0.4) is 0 Å². The number of ether oxygens (including phenoxy) is 1. The largest absolute Gasteiger partial charge is 0.458 e. The summed E-state index contributed by atoms with van der Waals surface area (Å²) in [7, 11) is 2.21. The zero-order valence-corrected chi connectivity index (χ0v) is 34.9. The number of imidazole rings is 1. The Labute approximate surface area is 358 Å². The molecule has 0 spiro atoms. The van der Waals surface area contributed by atoms with Crippen molar-refractivity contribution in [2.45, 2.75) is 26.2 Å². The van der Waals surface area contributed by atoms with Crippen molar-refractivity contribution in [1.29, 1.82) is 0 Å². The van der Waals surface area contributed by atoms with E-state index in [1.807, 2.05) is 58.1 Å². The maximum Gasteiger partial charge on any atom is 0.268 e. The minimum atomic E-state index is -0.0881. The van der Waals surface area contributed by atoms with Crippen LogP contribution < -0.4 is 9.30 Å². The number of benzene rings is 7. The van der Waals surface area contributed by atoms with Crippen molar-refractivity contribution in [2.75, 3.05) is 0 Å². The molecule has 62 heavy (non-hydrogen) atoms. The van der Waals surface area contributed by atoms with Gasteiger partial charge in [0.2, 0.25) is 0 Å². The van der Waals surface area contributed by atoms with E-state index in [9.17, 15) is 0 Å². The molecular formula is C55H42N6O. The summed E-state index contributed by atoms with van der Waals surface area (Å²) >= 11 is 0. The molecule has 298 valence electrons. The highest BCUT2D eigenvalue weighted by molar-refractivity contribution is 6.40. The van der Waals surface area contributed by atoms with E-state index in [0.717, 1.165) is 56.3 Å². The zero-order valence-electron chi connectivity index (χ0n) is 34.9. The Balaban J connectivity index is 1.17. The first kappa shape index (κ1) is 36.0. The predicted octanol–water partition coefficient (Wildman–Crippen LogP) is 12.9. The first-order chi connectivity index (χ1) is 30.3. The molecule has 12 rings (SSSR count). The average molecular weight is 803 g/mol. The van der Waals surface area contributed by atoms with Gasteiger partial charge in [-0.1, -0.05) is 99.6 Å². The fourth-order valence-electron chi connectivity index (χ4n) is 9.56. The summed E-state index contributed by atoms with van der Waals surface area (Å²) in [6.07, 6.45) is 9.43. The van der Waals surface area contributed by atoms with Crippen molar-refractivity contribution in [3.05, 3.63) is 194 Å². The Morgan fingerprint density at radius 1 is 0.548 bits per heavy atom. The molecule has 7 heteroatoms. The monoisotopic (exact) mass is 802 g/mol. The van der Waals surface area contributed by atoms with E-state index >= 15 is 0 Å². The fraction of sp³-hybridized carbons (Fsp3) is 0.0909. The number of pyridine rings is 1. The second-order valence-corrected chi connectivity index (χ2v) is 17.2. The molecule has 0 bridgehead atoms. The van der Waals surface area contributed by atoms with Crippen LogP contribution >= 0.6 is 0 Å². The quantitative estimate of drug-likeness (QED) is 0.124. The lowest BCUT2D eigenvalue weighted by molar-refractivity contribution is -0.599. The summed E-state index contributed by atoms with van der Waals surface area (Å²) in [4.78, 5) is 5.17. The SMILES string of the molecule is Cn1c2ccccc2c2c3c4ccccc4n(-c4ccccc4)c3c3c4ccc(Oc5cccc(-[n+]6[c-]n(-c7ccccc7)cc6)c5)cc4n(-c4cc(C(C)(C)C)ccn4)c3c21. The number of hydrogen-bond donors (Lipinski definition) is 0. The Morgan fingerprint density at radius 2 is 1.21 bits per heavy atom. The molecule has 0 atom stereocenters. The van der Waals surface area contributed by atoms with Crippen LogP contribution in [0.5, 0.6) is 11.5 Å². The van der Waals surface area contributed by atoms with Crippen LogP contribution in [0.15, 0.2) is 182 Å². The molecule has 0 aliphatic heterocycles. The fourth-order valence-corrected chi connectivity index (χ4v) is 9.56. The predicted molar refractivity (Wildman–Crippen MR) is 252 cm³/mol. The highest BCUT2D eigenvalue weighted by atomic mass is 16.5. The van der Waals surface area contributed by atoms with Gasteiger partial charge in [0, 0.05) is 75.2 Å². The van der Waals surface area contributed by atoms with Gasteiger partial charge >= 0.3 is 0 Å². The third-order valence-electron chi connectivity index (χ3n) is 12.4. The molecule has 0 aliphatic rings. The Kier molecular flexibility index (Phi) is 7.87. The number of hydrogen-bond acceptors (Lipinski definition) is 2. The van der Waals surface area contributed by atoms with Crippen molar-refractivity contribution < 1.29 is 9.30 Å². The van der Waals surface area contributed by atoms with Crippen LogP contribution in [0.1, 0.15) is 26.3 Å². The molecule has 0 saturated heterocycles. The summed E-state index contributed by atoms with van der Waals surface area (Å²) in [5.74, 6) is 2.32. The van der Waals surface area contributed by atoms with Crippen molar-refractivity contribution in [2.24, 2.45) is 7.05 Å². The summed E-state index contributed by atoms with van der Waals surface area (Å²) in [5, 5.41) is 7.20. The van der Waals surface area contributed by atoms with Crippen molar-refractivity contribution in [3.63, 3.8) is 0 Å². The Bertz CT molecular complexity index is 3710. The van der Waals surface area contributed by atoms with Gasteiger partial charge in [0.15, 0.2) is 0 Å². The first-order valence-corrected chi connectivity index (χ1v) is 21.1. The molecule has 7 aromatic carbocycles. The second-order valence-electron chi connectivity index (χ2n) is 17.2. The number of aromatic nitrogens is 6. The van der Waals surface area contributed by atoms with E-state index in [2.05, 4.69) is 181 Å². The van der Waals surface area contributed by atoms with Gasteiger partial charge < -0.3 is 13.9 Å². The molecule has 0 N–H and O–H groups in total. The van der Waals surface area contributed by atoms with Gasteiger partial charge in [-0.2, -0.15) is 0 Å². The maximum absolute atomic E-state index is 6.81. The minimum Gasteiger partial charge on any atom is -0.458 e. The summed E-state index contributed by atoms with van der Waals surface area (Å²) in [6, 6.07) is 57.8. The number of fused-ring (bicyclic) bond motifs is 12. The van der Waals surface area contributed by atoms with Gasteiger partial charge in [0.05, 0.1) is 39.0 Å². The maximum atomic E-state index is 6.81. The van der Waals surface area contributed by atoms with E-state index in [0.29, 0.717) is 0 Å². The molecule has 7 nitrogen and oxygen atoms in total. The van der Waals surface area contributed by atoms with E-state index in [1.54, 1.807) is 0 Å². The van der Waals surface area contributed by atoms with E-state index < -0.39 is 0 Å². The molecule has 0 aliphatic carbocycles. The normalized spacial score (nSPS) is 12.2. The van der Waals surface area contributed by atoms with Gasteiger partial charge in [0.25, 0.3) is 6.33 Å². The van der Waals surface area contributed by atoms with Gasteiger partial charge in [-0.3, -0.25) is 13.7 Å². The van der Waals surface area contributed by atoms with E-state index in [4.69, 9.17) is 9.72 Å². The molecule has 0 fully saturated rings. The molecule has 0 saturated carbocycles. The van der Waals surface area contributed by atoms with Gasteiger partial charge in [0.1, 0.15) is 17.3 Å². The smallest absolute Gasteiger partial charge is 0.268 e. The number of aryl methyl sites for hydroxylation is 1. The molecule has 0 radical (unpaired) electrons. The number of nitrogens with zero attached hydrogens (tertiary/aromatic N) is 6. The van der Waals surface area contributed by atoms with Gasteiger partial charge in [-0.05, 0) is 89.8 Å². The van der Waals surface area contributed by atoms with Crippen LogP contribution in [-0.4, -0.2) is 23.3 Å². The highest BCUT2D eigenvalue weighted by Crippen LogP contribution is 2.49. The Hall–Kier alpha value is -7.90. The Morgan fingerprint density at radius 3 is 1.98 bits per heavy atom. The highest BCUT2D eigenvalue weighted by Gasteiger charge is 2.28. The first-order valence-electron chi connectivity index (χ1n) is 21.1. The lowest BCUT2D eigenvalue weighted by Gasteiger charge is -2.20. The van der Waals surface area contributed by atoms with Gasteiger partial charge in [-0.15, -0.1) is 0 Å². The van der Waals surface area contributed by atoms with Crippen LogP contribution in [-0.2, 0) is 12.5 Å². The summed E-state index contributed by atoms with van der Waals surface area (Å²) in [5.41, 5.74) is 11.0. The second kappa shape index (κ2) is 13.6. The standard InChI is InChI=1S/C55H42N6O/c1-55(2,3)36-28-29-56-48(32-36)61-47-34-41(62-40-21-15-20-39(33-40)59-31-30-58(35-59)37-16-7-5-8-17-37)26-27-44(47)51-52-49(50-42-22-11-13-24-45(42)57(4)53(50)54(51)61)43-23-12-14-25-46(43)60(52)38-18-9-6-10-19-38/h5-34H,1-4H3. The third-order valence-corrected chi connectivity index (χ3v) is 12.4. The number of rotatable bonds is 6. The summed E-state index contributed by atoms with van der Waals surface area (Å²) in [6.45, 7) is 6.78.